The highest BCUT2D eigenvalue weighted by Gasteiger charge is 2.50. The van der Waals surface area contributed by atoms with Gasteiger partial charge in [-0.05, 0) is 13.3 Å². The van der Waals surface area contributed by atoms with Gasteiger partial charge in [0.1, 0.15) is 18.3 Å². The lowest BCUT2D eigenvalue weighted by Crippen LogP contribution is -2.65. The van der Waals surface area contributed by atoms with Crippen LogP contribution in [0.15, 0.2) is 0 Å². The van der Waals surface area contributed by atoms with Crippen molar-refractivity contribution in [3.8, 4) is 0 Å². The van der Waals surface area contributed by atoms with Crippen LogP contribution in [-0.2, 0) is 9.53 Å². The van der Waals surface area contributed by atoms with Crippen molar-refractivity contribution in [2.24, 2.45) is 0 Å². The molecule has 2 fully saturated rings. The van der Waals surface area contributed by atoms with Crippen molar-refractivity contribution in [3.05, 3.63) is 0 Å². The highest BCUT2D eigenvalue weighted by Crippen LogP contribution is 2.28. The number of rotatable bonds is 2. The zero-order valence-corrected chi connectivity index (χ0v) is 10.2. The average Bonchev–Trinajstić information content (AvgIpc) is 2.64. The molecule has 0 aliphatic carbocycles. The Balaban J connectivity index is 2.09. The predicted molar refractivity (Wildman–Crippen MR) is 59.3 cm³/mol. The van der Waals surface area contributed by atoms with E-state index < -0.39 is 24.1 Å². The van der Waals surface area contributed by atoms with Crippen LogP contribution in [0.25, 0.3) is 0 Å². The molecule has 2 rings (SSSR count). The Labute approximate surface area is 105 Å². The number of ether oxygens (including phenoxy) is 1. The Hall–Kier alpha value is -0.730. The van der Waals surface area contributed by atoms with E-state index in [9.17, 15) is 25.2 Å². The highest BCUT2D eigenvalue weighted by molar-refractivity contribution is 5.78. The summed E-state index contributed by atoms with van der Waals surface area (Å²) in [6, 6.07) is -0.0404. The van der Waals surface area contributed by atoms with Crippen molar-refractivity contribution in [3.63, 3.8) is 0 Å². The van der Waals surface area contributed by atoms with Crippen LogP contribution in [0, 0.1) is 0 Å². The molecule has 0 spiro atoms. The zero-order valence-electron chi connectivity index (χ0n) is 10.2. The number of aliphatic hydroxyl groups excluding tert-OH is 3. The molecule has 0 radical (unpaired) electrons. The highest BCUT2D eigenvalue weighted by atomic mass is 16.6. The number of hydrogen-bond donors (Lipinski definition) is 4. The summed E-state index contributed by atoms with van der Waals surface area (Å²) >= 11 is 0. The molecule has 7 heteroatoms. The molecule has 2 aliphatic rings. The molecule has 1 amide bonds. The van der Waals surface area contributed by atoms with E-state index in [-0.39, 0.29) is 25.1 Å². The SMILES string of the molecule is CC1CCC(=O)N1C[C@@]1(O)OC[C@@H](O)[C@@H](O)[C@@H]1O. The predicted octanol–water partition coefficient (Wildman–Crippen LogP) is -2.20. The first-order valence-corrected chi connectivity index (χ1v) is 6.05. The Morgan fingerprint density at radius 1 is 1.44 bits per heavy atom. The first kappa shape index (κ1) is 13.7. The van der Waals surface area contributed by atoms with E-state index in [2.05, 4.69) is 0 Å². The van der Waals surface area contributed by atoms with Gasteiger partial charge in [-0.25, -0.2) is 0 Å². The number of nitrogens with zero attached hydrogens (tertiary/aromatic N) is 1. The van der Waals surface area contributed by atoms with Crippen LogP contribution in [0.2, 0.25) is 0 Å². The summed E-state index contributed by atoms with van der Waals surface area (Å²) in [7, 11) is 0. The van der Waals surface area contributed by atoms with Crippen LogP contribution in [0.4, 0.5) is 0 Å². The van der Waals surface area contributed by atoms with Crippen molar-refractivity contribution in [2.75, 3.05) is 13.2 Å². The summed E-state index contributed by atoms with van der Waals surface area (Å²) < 4.78 is 5.02. The minimum absolute atomic E-state index is 0.0404. The molecule has 2 saturated heterocycles. The average molecular weight is 261 g/mol. The van der Waals surface area contributed by atoms with Crippen molar-refractivity contribution in [1.82, 2.24) is 4.90 Å². The lowest BCUT2D eigenvalue weighted by molar-refractivity contribution is -0.324. The van der Waals surface area contributed by atoms with E-state index in [1.165, 1.54) is 4.90 Å². The Bertz CT molecular complexity index is 337. The lowest BCUT2D eigenvalue weighted by atomic mass is 9.96. The largest absolute Gasteiger partial charge is 0.388 e. The molecular formula is C11H19NO6. The van der Waals surface area contributed by atoms with Gasteiger partial charge in [0.05, 0.1) is 13.2 Å². The second kappa shape index (κ2) is 4.75. The Kier molecular flexibility index (Phi) is 3.61. The van der Waals surface area contributed by atoms with Crippen LogP contribution < -0.4 is 0 Å². The minimum Gasteiger partial charge on any atom is -0.388 e. The number of carbonyl (C=O) groups excluding carboxylic acids is 1. The Morgan fingerprint density at radius 3 is 2.67 bits per heavy atom. The van der Waals surface area contributed by atoms with Crippen LogP contribution in [0.5, 0.6) is 0 Å². The van der Waals surface area contributed by atoms with Gasteiger partial charge in [-0.1, -0.05) is 0 Å². The summed E-state index contributed by atoms with van der Waals surface area (Å²) in [5, 5.41) is 38.8. The number of carbonyl (C=O) groups is 1. The van der Waals surface area contributed by atoms with E-state index in [1.54, 1.807) is 0 Å². The Morgan fingerprint density at radius 2 is 2.11 bits per heavy atom. The molecule has 2 heterocycles. The molecule has 7 nitrogen and oxygen atoms in total. The van der Waals surface area contributed by atoms with Gasteiger partial charge in [-0.15, -0.1) is 0 Å². The van der Waals surface area contributed by atoms with Crippen LogP contribution in [0.3, 0.4) is 0 Å². The lowest BCUT2D eigenvalue weighted by Gasteiger charge is -2.43. The molecule has 1 unspecified atom stereocenters. The topological polar surface area (TPSA) is 110 Å². The first-order chi connectivity index (χ1) is 8.35. The number of hydrogen-bond acceptors (Lipinski definition) is 6. The summed E-state index contributed by atoms with van der Waals surface area (Å²) in [6.07, 6.45) is -3.29. The van der Waals surface area contributed by atoms with Gasteiger partial charge in [0.2, 0.25) is 11.7 Å². The maximum absolute atomic E-state index is 11.6. The third kappa shape index (κ3) is 2.24. The third-order valence-corrected chi connectivity index (χ3v) is 3.71. The van der Waals surface area contributed by atoms with Gasteiger partial charge >= 0.3 is 0 Å². The number of β-amino-alcohol motifs (C(OH)–C–C–N with tert-alkyl or cyclic N) is 1. The summed E-state index contributed by atoms with van der Waals surface area (Å²) in [6.45, 7) is 1.35. The molecule has 0 saturated carbocycles. The van der Waals surface area contributed by atoms with E-state index in [0.717, 1.165) is 0 Å². The maximum Gasteiger partial charge on any atom is 0.223 e. The van der Waals surface area contributed by atoms with Gasteiger partial charge in [0.25, 0.3) is 0 Å². The van der Waals surface area contributed by atoms with Crippen molar-refractivity contribution in [2.45, 2.75) is 49.9 Å². The summed E-state index contributed by atoms with van der Waals surface area (Å²) in [4.78, 5) is 13.0. The molecule has 2 aliphatic heterocycles. The molecule has 0 aromatic carbocycles. The van der Waals surface area contributed by atoms with Gasteiger partial charge < -0.3 is 30.1 Å². The van der Waals surface area contributed by atoms with E-state index in [1.807, 2.05) is 6.92 Å². The standard InChI is InChI=1S/C11H19NO6/c1-6-2-3-8(14)12(6)5-11(17)10(16)9(15)7(13)4-18-11/h6-7,9-10,13,15-17H,2-5H2,1H3/t6?,7-,9-,10+,11-/m1/s1. The van der Waals surface area contributed by atoms with E-state index >= 15 is 0 Å². The van der Waals surface area contributed by atoms with Gasteiger partial charge in [-0.3, -0.25) is 4.79 Å². The second-order valence-electron chi connectivity index (χ2n) is 5.07. The van der Waals surface area contributed by atoms with E-state index in [0.29, 0.717) is 12.8 Å². The molecule has 0 aromatic heterocycles. The summed E-state index contributed by atoms with van der Waals surface area (Å²) in [5.74, 6) is -2.15. The fourth-order valence-corrected chi connectivity index (χ4v) is 2.40. The van der Waals surface area contributed by atoms with Crippen molar-refractivity contribution < 1.29 is 30.0 Å². The first-order valence-electron chi connectivity index (χ1n) is 6.05. The molecule has 0 bridgehead atoms. The van der Waals surface area contributed by atoms with Crippen LogP contribution in [0.1, 0.15) is 19.8 Å². The van der Waals surface area contributed by atoms with Gasteiger partial charge in [-0.2, -0.15) is 0 Å². The number of likely N-dealkylation sites (tertiary alicyclic amines) is 1. The third-order valence-electron chi connectivity index (χ3n) is 3.71. The normalized spacial score (nSPS) is 45.6. The van der Waals surface area contributed by atoms with Crippen LogP contribution >= 0.6 is 0 Å². The second-order valence-corrected chi connectivity index (χ2v) is 5.07. The zero-order chi connectivity index (χ0) is 13.5. The fraction of sp³-hybridized carbons (Fsp3) is 0.909. The number of amides is 1. The van der Waals surface area contributed by atoms with Crippen molar-refractivity contribution >= 4 is 5.91 Å². The molecular weight excluding hydrogens is 242 g/mol. The van der Waals surface area contributed by atoms with Gasteiger partial charge in [0, 0.05) is 12.5 Å². The molecule has 4 N–H and O–H groups in total. The fourth-order valence-electron chi connectivity index (χ4n) is 2.40. The minimum atomic E-state index is -2.03. The van der Waals surface area contributed by atoms with Gasteiger partial charge in [0.15, 0.2) is 0 Å². The molecule has 5 atom stereocenters. The quantitative estimate of drug-likeness (QED) is 0.449. The number of aliphatic hydroxyl groups is 4. The molecule has 18 heavy (non-hydrogen) atoms. The summed E-state index contributed by atoms with van der Waals surface area (Å²) in [5.41, 5.74) is 0. The van der Waals surface area contributed by atoms with E-state index in [4.69, 9.17) is 4.74 Å². The van der Waals surface area contributed by atoms with Crippen molar-refractivity contribution in [1.29, 1.82) is 0 Å². The monoisotopic (exact) mass is 261 g/mol. The molecule has 0 aromatic rings. The molecule has 104 valence electrons. The smallest absolute Gasteiger partial charge is 0.223 e. The maximum atomic E-state index is 11.6. The van der Waals surface area contributed by atoms with Crippen LogP contribution in [-0.4, -0.2) is 74.5 Å².